The summed E-state index contributed by atoms with van der Waals surface area (Å²) in [6.07, 6.45) is -7.19. The average molecular weight is 512 g/mol. The minimum absolute atomic E-state index is 0.0973. The van der Waals surface area contributed by atoms with Crippen molar-refractivity contribution in [3.63, 3.8) is 0 Å². The van der Waals surface area contributed by atoms with Crippen LogP contribution in [0.25, 0.3) is 0 Å². The lowest BCUT2D eigenvalue weighted by Gasteiger charge is -2.43. The molecule has 13 nitrogen and oxygen atoms in total. The number of carbonyl (C=O) groups excluding carboxylic acids is 1. The largest absolute Gasteiger partial charge is 0.504 e. The molecule has 0 amide bonds. The Balaban J connectivity index is 1.35. The summed E-state index contributed by atoms with van der Waals surface area (Å²) in [4.78, 5) is 12.9. The van der Waals surface area contributed by atoms with Crippen LogP contribution in [0.3, 0.4) is 0 Å². The topological polar surface area (TPSA) is 197 Å². The number of rotatable bonds is 7. The molecule has 5 rings (SSSR count). The highest BCUT2D eigenvalue weighted by atomic mass is 16.8. The van der Waals surface area contributed by atoms with E-state index in [4.69, 9.17) is 28.4 Å². The summed E-state index contributed by atoms with van der Waals surface area (Å²) in [5, 5.41) is 59.8. The van der Waals surface area contributed by atoms with E-state index in [1.165, 1.54) is 31.6 Å². The average Bonchev–Trinajstić information content (AvgIpc) is 3.56. The molecule has 11 atom stereocenters. The fourth-order valence-corrected chi connectivity index (χ4v) is 5.28. The number of esters is 1. The van der Waals surface area contributed by atoms with Gasteiger partial charge in [0.15, 0.2) is 17.8 Å². The molecule has 3 aliphatic heterocycles. The molecular formula is C23H28O13. The number of aromatic hydroxyl groups is 1. The molecule has 0 aromatic heterocycles. The number of aliphatic hydroxyl groups is 5. The predicted octanol–water partition coefficient (Wildman–Crippen LogP) is -2.01. The molecule has 6 N–H and O–H groups in total. The van der Waals surface area contributed by atoms with Crippen LogP contribution in [0, 0.1) is 11.8 Å². The summed E-state index contributed by atoms with van der Waals surface area (Å²) in [6, 6.07) is 4.02. The minimum atomic E-state index is -1.66. The first-order chi connectivity index (χ1) is 17.2. The number of ether oxygens (including phenoxy) is 6. The van der Waals surface area contributed by atoms with Gasteiger partial charge in [0.2, 0.25) is 6.29 Å². The highest BCUT2D eigenvalue weighted by Gasteiger charge is 2.77. The number of fused-ring (bicyclic) bond motifs is 3. The van der Waals surface area contributed by atoms with Gasteiger partial charge in [-0.05, 0) is 24.3 Å². The number of carbonyl (C=O) groups is 1. The van der Waals surface area contributed by atoms with Gasteiger partial charge in [0, 0.05) is 5.92 Å². The highest BCUT2D eigenvalue weighted by Crippen LogP contribution is 2.60. The van der Waals surface area contributed by atoms with Crippen LogP contribution in [0.2, 0.25) is 0 Å². The van der Waals surface area contributed by atoms with Crippen LogP contribution in [-0.2, 0) is 23.7 Å². The van der Waals surface area contributed by atoms with Crippen molar-refractivity contribution in [3.8, 4) is 11.5 Å². The molecule has 1 saturated carbocycles. The van der Waals surface area contributed by atoms with E-state index in [0.29, 0.717) is 0 Å². The summed E-state index contributed by atoms with van der Waals surface area (Å²) >= 11 is 0. The van der Waals surface area contributed by atoms with Crippen molar-refractivity contribution < 1.29 is 63.9 Å². The van der Waals surface area contributed by atoms with Crippen molar-refractivity contribution in [2.24, 2.45) is 11.8 Å². The van der Waals surface area contributed by atoms with Crippen LogP contribution in [0.4, 0.5) is 0 Å². The summed E-state index contributed by atoms with van der Waals surface area (Å²) in [6.45, 7) is -1.07. The summed E-state index contributed by atoms with van der Waals surface area (Å²) < 4.78 is 33.4. The molecule has 0 bridgehead atoms. The highest BCUT2D eigenvalue weighted by molar-refractivity contribution is 5.90. The summed E-state index contributed by atoms with van der Waals surface area (Å²) in [5.74, 6) is -1.95. The number of phenols is 1. The van der Waals surface area contributed by atoms with Crippen molar-refractivity contribution in [1.29, 1.82) is 0 Å². The molecular weight excluding hydrogens is 484 g/mol. The maximum atomic E-state index is 12.9. The Morgan fingerprint density at radius 2 is 1.89 bits per heavy atom. The maximum Gasteiger partial charge on any atom is 0.338 e. The SMILES string of the molecule is COc1cc(C(=O)O[C@H]2[C@@H]3C=CO[C@@H](O[C@@H]4O[C@H](CO)C(O)[C@H](O)C4O)[C@@H]3[C@]3(CO)O[C@@H]23)ccc1O. The lowest BCUT2D eigenvalue weighted by atomic mass is 9.85. The lowest BCUT2D eigenvalue weighted by molar-refractivity contribution is -0.344. The van der Waals surface area contributed by atoms with E-state index in [1.807, 2.05) is 0 Å². The Bertz CT molecular complexity index is 1010. The number of benzene rings is 1. The lowest BCUT2D eigenvalue weighted by Crippen LogP contribution is -2.60. The Kier molecular flexibility index (Phi) is 6.59. The van der Waals surface area contributed by atoms with Gasteiger partial charge in [0.05, 0.1) is 38.1 Å². The molecule has 1 aromatic rings. The Morgan fingerprint density at radius 1 is 1.11 bits per heavy atom. The molecule has 3 fully saturated rings. The van der Waals surface area contributed by atoms with Gasteiger partial charge < -0.3 is 59.1 Å². The van der Waals surface area contributed by atoms with E-state index >= 15 is 0 Å². The smallest absolute Gasteiger partial charge is 0.338 e. The second-order valence-corrected chi connectivity index (χ2v) is 9.18. The van der Waals surface area contributed by atoms with E-state index in [2.05, 4.69) is 0 Å². The fourth-order valence-electron chi connectivity index (χ4n) is 5.28. The van der Waals surface area contributed by atoms with E-state index in [1.54, 1.807) is 6.08 Å². The first kappa shape index (κ1) is 25.2. The van der Waals surface area contributed by atoms with Gasteiger partial charge in [-0.15, -0.1) is 0 Å². The van der Waals surface area contributed by atoms with Crippen molar-refractivity contribution in [2.75, 3.05) is 20.3 Å². The van der Waals surface area contributed by atoms with Gasteiger partial charge in [-0.3, -0.25) is 0 Å². The minimum Gasteiger partial charge on any atom is -0.504 e. The normalized spacial score (nSPS) is 42.7. The predicted molar refractivity (Wildman–Crippen MR) is 114 cm³/mol. The zero-order valence-electron chi connectivity index (χ0n) is 19.1. The van der Waals surface area contributed by atoms with Gasteiger partial charge in [-0.1, -0.05) is 0 Å². The van der Waals surface area contributed by atoms with Crippen LogP contribution < -0.4 is 4.74 Å². The number of hydrogen-bond acceptors (Lipinski definition) is 13. The standard InChI is InChI=1S/C23H28O13/c1-31-12-6-9(2-3-11(12)26)20(30)34-18-10-4-5-32-21(14(10)23(8-25)19(18)36-23)35-22-17(29)16(28)15(27)13(7-24)33-22/h2-6,10,13-19,21-22,24-29H,7-8H2,1H3/t10-,13-,14-,15?,16+,17?,18+,19+,21+,22+,23+/m1/s1. The zero-order valence-corrected chi connectivity index (χ0v) is 19.1. The van der Waals surface area contributed by atoms with Gasteiger partial charge in [0.1, 0.15) is 42.2 Å². The Morgan fingerprint density at radius 3 is 2.58 bits per heavy atom. The molecule has 4 aliphatic rings. The first-order valence-electron chi connectivity index (χ1n) is 11.4. The molecule has 198 valence electrons. The molecule has 1 aromatic carbocycles. The molecule has 36 heavy (non-hydrogen) atoms. The van der Waals surface area contributed by atoms with E-state index < -0.39 is 85.8 Å². The third kappa shape index (κ3) is 3.92. The quantitative estimate of drug-likeness (QED) is 0.173. The third-order valence-electron chi connectivity index (χ3n) is 7.26. The first-order valence-corrected chi connectivity index (χ1v) is 11.4. The molecule has 0 radical (unpaired) electrons. The number of phenolic OH excluding ortho intramolecular Hbond substituents is 1. The van der Waals surface area contributed by atoms with Gasteiger partial charge >= 0.3 is 5.97 Å². The van der Waals surface area contributed by atoms with Crippen molar-refractivity contribution >= 4 is 5.97 Å². The number of hydrogen-bond donors (Lipinski definition) is 6. The Hall–Kier alpha value is -2.49. The van der Waals surface area contributed by atoms with E-state index in [9.17, 15) is 35.4 Å². The van der Waals surface area contributed by atoms with Crippen LogP contribution in [0.15, 0.2) is 30.5 Å². The molecule has 1 aliphatic carbocycles. The van der Waals surface area contributed by atoms with Crippen LogP contribution >= 0.6 is 0 Å². The van der Waals surface area contributed by atoms with Gasteiger partial charge in [-0.25, -0.2) is 4.79 Å². The summed E-state index contributed by atoms with van der Waals surface area (Å²) in [7, 11) is 1.35. The van der Waals surface area contributed by atoms with Crippen LogP contribution in [0.5, 0.6) is 11.5 Å². The van der Waals surface area contributed by atoms with Gasteiger partial charge in [0.25, 0.3) is 0 Å². The zero-order chi connectivity index (χ0) is 25.8. The van der Waals surface area contributed by atoms with Crippen LogP contribution in [-0.4, -0.2) is 112 Å². The number of aliphatic hydroxyl groups excluding tert-OH is 5. The van der Waals surface area contributed by atoms with Gasteiger partial charge in [-0.2, -0.15) is 0 Å². The van der Waals surface area contributed by atoms with Crippen LogP contribution in [0.1, 0.15) is 10.4 Å². The van der Waals surface area contributed by atoms with Crippen molar-refractivity contribution in [2.45, 2.75) is 54.8 Å². The third-order valence-corrected chi connectivity index (χ3v) is 7.26. The molecule has 3 heterocycles. The number of epoxide rings is 1. The molecule has 0 spiro atoms. The maximum absolute atomic E-state index is 12.9. The van der Waals surface area contributed by atoms with E-state index in [0.717, 1.165) is 0 Å². The van der Waals surface area contributed by atoms with E-state index in [-0.39, 0.29) is 17.1 Å². The second-order valence-electron chi connectivity index (χ2n) is 9.18. The monoisotopic (exact) mass is 512 g/mol. The van der Waals surface area contributed by atoms with Crippen molar-refractivity contribution in [3.05, 3.63) is 36.1 Å². The summed E-state index contributed by atoms with van der Waals surface area (Å²) in [5.41, 5.74) is -1.03. The molecule has 2 saturated heterocycles. The van der Waals surface area contributed by atoms with Crippen molar-refractivity contribution in [1.82, 2.24) is 0 Å². The molecule has 2 unspecified atom stereocenters. The Labute approximate surface area is 205 Å². The number of methoxy groups -OCH3 is 1. The second kappa shape index (κ2) is 9.43. The fraction of sp³-hybridized carbons (Fsp3) is 0.609. The molecule has 13 heteroatoms.